The van der Waals surface area contributed by atoms with Crippen molar-refractivity contribution in [2.24, 2.45) is 0 Å². The molecule has 0 amide bonds. The van der Waals surface area contributed by atoms with E-state index in [1.54, 1.807) is 0 Å². The first-order valence-corrected chi connectivity index (χ1v) is 6.30. The molecule has 0 aliphatic carbocycles. The first-order chi connectivity index (χ1) is 11.2. The summed E-state index contributed by atoms with van der Waals surface area (Å²) in [6.45, 7) is 0. The molecule has 0 rings (SSSR count). The second-order valence-corrected chi connectivity index (χ2v) is 5.00. The summed E-state index contributed by atoms with van der Waals surface area (Å²) in [5.74, 6) is -11.7. The second kappa shape index (κ2) is 13.3. The first-order valence-electron chi connectivity index (χ1n) is 6.30. The monoisotopic (exact) mass is 446 g/mol. The number of hydrogen-bond donors (Lipinski definition) is 6. The van der Waals surface area contributed by atoms with Crippen LogP contribution in [0.1, 0.15) is 25.7 Å². The van der Waals surface area contributed by atoms with Crippen LogP contribution in [0.4, 0.5) is 0 Å². The molecule has 6 N–H and O–H groups in total. The van der Waals surface area contributed by atoms with Gasteiger partial charge in [0.1, 0.15) is 0 Å². The number of ether oxygens (including phenoxy) is 1. The van der Waals surface area contributed by atoms with E-state index < -0.39 is 72.7 Å². The molecule has 0 aromatic heterocycles. The van der Waals surface area contributed by atoms with Gasteiger partial charge in [0, 0.05) is 0 Å². The van der Waals surface area contributed by atoms with Crippen LogP contribution in [-0.4, -0.2) is 180 Å². The van der Waals surface area contributed by atoms with E-state index in [4.69, 9.17) is 25.5 Å². The van der Waals surface area contributed by atoms with E-state index in [2.05, 4.69) is 4.74 Å². The predicted octanol–water partition coefficient (Wildman–Crippen LogP) is -3.31. The SMILES string of the molecule is O=C(O)CC(O)(CC(=O)O)C(=O)OC(CC(=O)O)(CC(=O)O)C(=O)O.[KH].[KH]. The number of carboxylic acid groups (broad SMARTS) is 5. The third kappa shape index (κ3) is 11.0. The Morgan fingerprint density at radius 3 is 1.15 bits per heavy atom. The van der Waals surface area contributed by atoms with Gasteiger partial charge in [-0.2, -0.15) is 0 Å². The van der Waals surface area contributed by atoms with E-state index in [-0.39, 0.29) is 103 Å². The molecule has 0 heterocycles. The van der Waals surface area contributed by atoms with Crippen LogP contribution in [0, 0.1) is 0 Å². The summed E-state index contributed by atoms with van der Waals surface area (Å²) in [6, 6.07) is 0. The zero-order chi connectivity index (χ0) is 20.0. The normalized spacial score (nSPS) is 10.6. The summed E-state index contributed by atoms with van der Waals surface area (Å²) >= 11 is 0. The molecule has 0 bridgehead atoms. The summed E-state index contributed by atoms with van der Waals surface area (Å²) in [6.07, 6.45) is -6.07. The Labute approximate surface area is 235 Å². The molecule has 0 aliphatic heterocycles. The van der Waals surface area contributed by atoms with E-state index in [9.17, 15) is 33.9 Å². The Morgan fingerprint density at radius 1 is 0.630 bits per heavy atom. The molecule has 27 heavy (non-hydrogen) atoms. The Kier molecular flexibility index (Phi) is 15.6. The maximum absolute atomic E-state index is 12.0. The number of rotatable bonds is 11. The number of carbonyl (C=O) groups excluding carboxylic acids is 1. The van der Waals surface area contributed by atoms with E-state index in [0.717, 1.165) is 0 Å². The molecule has 0 aliphatic rings. The van der Waals surface area contributed by atoms with Gasteiger partial charge in [-0.25, -0.2) is 9.59 Å². The summed E-state index contributed by atoms with van der Waals surface area (Å²) in [7, 11) is 0. The molecule has 0 fully saturated rings. The fourth-order valence-electron chi connectivity index (χ4n) is 1.80. The van der Waals surface area contributed by atoms with Crippen molar-refractivity contribution < 1.29 is 64.1 Å². The third-order valence-electron chi connectivity index (χ3n) is 2.82. The fraction of sp³-hybridized carbons (Fsp3) is 0.500. The molecule has 15 heteroatoms. The zero-order valence-electron chi connectivity index (χ0n) is 12.4. The van der Waals surface area contributed by atoms with Crippen LogP contribution in [0.5, 0.6) is 0 Å². The molecule has 0 spiro atoms. The molecule has 13 nitrogen and oxygen atoms in total. The number of aliphatic hydroxyl groups is 1. The van der Waals surface area contributed by atoms with Crippen LogP contribution >= 0.6 is 0 Å². The topological polar surface area (TPSA) is 233 Å². The molecular formula is C12H16K2O13. The minimum absolute atomic E-state index is 0. The van der Waals surface area contributed by atoms with Gasteiger partial charge in [0.15, 0.2) is 5.60 Å². The molecule has 144 valence electrons. The van der Waals surface area contributed by atoms with Gasteiger partial charge in [-0.05, 0) is 0 Å². The van der Waals surface area contributed by atoms with Gasteiger partial charge >= 0.3 is 139 Å². The Hall–Kier alpha value is 0.0527. The van der Waals surface area contributed by atoms with Crippen LogP contribution in [0.15, 0.2) is 0 Å². The molecular weight excluding hydrogens is 430 g/mol. The van der Waals surface area contributed by atoms with Crippen molar-refractivity contribution in [3.8, 4) is 0 Å². The van der Waals surface area contributed by atoms with Crippen LogP contribution in [0.25, 0.3) is 0 Å². The minimum atomic E-state index is -3.24. The van der Waals surface area contributed by atoms with Gasteiger partial charge in [-0.1, -0.05) is 0 Å². The Balaban J connectivity index is -0.00000288. The van der Waals surface area contributed by atoms with E-state index >= 15 is 0 Å². The molecule has 0 radical (unpaired) electrons. The van der Waals surface area contributed by atoms with Gasteiger partial charge in [0.2, 0.25) is 5.60 Å². The number of carbonyl (C=O) groups is 6. The predicted molar refractivity (Wildman–Crippen MR) is 84.7 cm³/mol. The van der Waals surface area contributed by atoms with Crippen molar-refractivity contribution in [1.82, 2.24) is 0 Å². The average molecular weight is 446 g/mol. The summed E-state index contributed by atoms with van der Waals surface area (Å²) in [5.41, 5.74) is -6.42. The summed E-state index contributed by atoms with van der Waals surface area (Å²) < 4.78 is 4.31. The van der Waals surface area contributed by atoms with Crippen molar-refractivity contribution in [3.05, 3.63) is 0 Å². The van der Waals surface area contributed by atoms with Crippen LogP contribution in [0.2, 0.25) is 0 Å². The summed E-state index contributed by atoms with van der Waals surface area (Å²) in [5, 5.41) is 53.7. The van der Waals surface area contributed by atoms with Crippen LogP contribution in [0.3, 0.4) is 0 Å². The third-order valence-corrected chi connectivity index (χ3v) is 2.82. The average Bonchev–Trinajstić information content (AvgIpc) is 2.34. The quantitative estimate of drug-likeness (QED) is 0.135. The van der Waals surface area contributed by atoms with Crippen molar-refractivity contribution in [2.45, 2.75) is 36.9 Å². The molecule has 0 atom stereocenters. The Morgan fingerprint density at radius 2 is 0.926 bits per heavy atom. The van der Waals surface area contributed by atoms with Crippen molar-refractivity contribution in [3.63, 3.8) is 0 Å². The van der Waals surface area contributed by atoms with Crippen LogP contribution < -0.4 is 0 Å². The van der Waals surface area contributed by atoms with E-state index in [1.807, 2.05) is 0 Å². The number of hydrogen-bond acceptors (Lipinski definition) is 8. The van der Waals surface area contributed by atoms with Gasteiger partial charge in [-0.3, -0.25) is 19.2 Å². The van der Waals surface area contributed by atoms with Crippen molar-refractivity contribution in [2.75, 3.05) is 0 Å². The second-order valence-electron chi connectivity index (χ2n) is 5.00. The fourth-order valence-corrected chi connectivity index (χ4v) is 1.80. The molecule has 0 aromatic carbocycles. The van der Waals surface area contributed by atoms with Gasteiger partial charge in [0.05, 0.1) is 25.7 Å². The number of carboxylic acids is 5. The summed E-state index contributed by atoms with van der Waals surface area (Å²) in [4.78, 5) is 66.2. The standard InChI is InChI=1S/C12H14O13.2K.2H/c13-5(14)1-11(24,2-6(15)16)10(23)25-12(9(21)22,3-7(17)18)4-8(19)20;;;;/h24H,1-4H2,(H,13,14)(H,15,16)(H,17,18)(H,19,20)(H,21,22);;;;. The van der Waals surface area contributed by atoms with E-state index in [1.165, 1.54) is 0 Å². The van der Waals surface area contributed by atoms with E-state index in [0.29, 0.717) is 0 Å². The zero-order valence-corrected chi connectivity index (χ0v) is 12.4. The van der Waals surface area contributed by atoms with Crippen LogP contribution in [-0.2, 0) is 33.5 Å². The van der Waals surface area contributed by atoms with Crippen molar-refractivity contribution in [1.29, 1.82) is 0 Å². The number of aliphatic carboxylic acids is 5. The van der Waals surface area contributed by atoms with Gasteiger partial charge in [-0.15, -0.1) is 0 Å². The van der Waals surface area contributed by atoms with Gasteiger partial charge < -0.3 is 35.4 Å². The van der Waals surface area contributed by atoms with Crippen molar-refractivity contribution >= 4 is 139 Å². The molecule has 0 aromatic rings. The molecule has 0 saturated carbocycles. The molecule has 0 saturated heterocycles. The molecule has 0 unspecified atom stereocenters. The Bertz CT molecular complexity index is 582. The maximum atomic E-state index is 12.0. The first kappa shape index (κ1) is 31.7. The van der Waals surface area contributed by atoms with Gasteiger partial charge in [0.25, 0.3) is 0 Å². The number of esters is 1.